The lowest BCUT2D eigenvalue weighted by Crippen LogP contribution is -2.32. The minimum Gasteiger partial charge on any atom is -0.409 e. The van der Waals surface area contributed by atoms with Gasteiger partial charge in [-0.3, -0.25) is 0 Å². The predicted molar refractivity (Wildman–Crippen MR) is 72.9 cm³/mol. The van der Waals surface area contributed by atoms with Crippen molar-refractivity contribution in [3.05, 3.63) is 0 Å². The van der Waals surface area contributed by atoms with Gasteiger partial charge in [-0.2, -0.15) is 0 Å². The van der Waals surface area contributed by atoms with E-state index < -0.39 is 0 Å². The predicted octanol–water partition coefficient (Wildman–Crippen LogP) is 1.65. The summed E-state index contributed by atoms with van der Waals surface area (Å²) in [5, 5.41) is 11.8. The Morgan fingerprint density at radius 1 is 1.33 bits per heavy atom. The van der Waals surface area contributed by atoms with Gasteiger partial charge < -0.3 is 20.6 Å². The van der Waals surface area contributed by atoms with Gasteiger partial charge in [0.1, 0.15) is 5.84 Å². The van der Waals surface area contributed by atoms with Crippen molar-refractivity contribution in [1.29, 1.82) is 0 Å². The zero-order chi connectivity index (χ0) is 13.4. The Labute approximate surface area is 110 Å². The normalized spacial score (nSPS) is 19.8. The van der Waals surface area contributed by atoms with Crippen molar-refractivity contribution in [3.63, 3.8) is 0 Å². The van der Waals surface area contributed by atoms with Gasteiger partial charge in [0.25, 0.3) is 0 Å². The van der Waals surface area contributed by atoms with E-state index in [4.69, 9.17) is 15.7 Å². The summed E-state index contributed by atoms with van der Waals surface area (Å²) in [6, 6.07) is 0. The number of amidine groups is 1. The number of rotatable bonds is 6. The van der Waals surface area contributed by atoms with E-state index in [2.05, 4.69) is 10.1 Å². The van der Waals surface area contributed by atoms with Crippen LogP contribution >= 0.6 is 0 Å². The minimum absolute atomic E-state index is 0.212. The molecular formula is C13H27N3O2. The van der Waals surface area contributed by atoms with Crippen molar-refractivity contribution in [2.24, 2.45) is 16.3 Å². The Hall–Kier alpha value is -0.810. The van der Waals surface area contributed by atoms with E-state index in [1.807, 2.05) is 13.8 Å². The van der Waals surface area contributed by atoms with Crippen LogP contribution in [0.2, 0.25) is 0 Å². The molecule has 1 saturated heterocycles. The molecule has 0 bridgehead atoms. The van der Waals surface area contributed by atoms with Crippen molar-refractivity contribution in [3.8, 4) is 0 Å². The van der Waals surface area contributed by atoms with Crippen LogP contribution in [0.5, 0.6) is 0 Å². The third kappa shape index (κ3) is 5.23. The first-order valence-electron chi connectivity index (χ1n) is 6.84. The van der Waals surface area contributed by atoms with Gasteiger partial charge in [-0.1, -0.05) is 25.4 Å². The summed E-state index contributed by atoms with van der Waals surface area (Å²) in [7, 11) is 0. The zero-order valence-corrected chi connectivity index (χ0v) is 11.7. The van der Waals surface area contributed by atoms with E-state index in [1.165, 1.54) is 0 Å². The fourth-order valence-electron chi connectivity index (χ4n) is 2.19. The second-order valence-electron chi connectivity index (χ2n) is 5.63. The van der Waals surface area contributed by atoms with Gasteiger partial charge >= 0.3 is 0 Å². The molecule has 0 spiro atoms. The lowest BCUT2D eigenvalue weighted by Gasteiger charge is -2.24. The molecule has 3 N–H and O–H groups in total. The third-order valence-electron chi connectivity index (χ3n) is 3.64. The average Bonchev–Trinajstić information content (AvgIpc) is 2.62. The van der Waals surface area contributed by atoms with Gasteiger partial charge in [-0.25, -0.2) is 0 Å². The monoisotopic (exact) mass is 257 g/mol. The first-order valence-corrected chi connectivity index (χ1v) is 6.84. The highest BCUT2D eigenvalue weighted by molar-refractivity contribution is 5.85. The number of nitrogens with two attached hydrogens (primary N) is 1. The van der Waals surface area contributed by atoms with Gasteiger partial charge in [-0.15, -0.1) is 0 Å². The van der Waals surface area contributed by atoms with Crippen LogP contribution in [0, 0.1) is 5.41 Å². The van der Waals surface area contributed by atoms with Crippen LogP contribution in [0.15, 0.2) is 5.16 Å². The third-order valence-corrected chi connectivity index (χ3v) is 3.64. The molecule has 0 amide bonds. The fraction of sp³-hybridized carbons (Fsp3) is 0.923. The first kappa shape index (κ1) is 15.2. The summed E-state index contributed by atoms with van der Waals surface area (Å²) in [6.45, 7) is 9.09. The Kier molecular flexibility index (Phi) is 6.43. The van der Waals surface area contributed by atoms with E-state index in [-0.39, 0.29) is 5.41 Å². The Morgan fingerprint density at radius 3 is 2.83 bits per heavy atom. The van der Waals surface area contributed by atoms with Crippen molar-refractivity contribution in [2.75, 3.05) is 32.8 Å². The quantitative estimate of drug-likeness (QED) is 0.249. The molecule has 1 aliphatic heterocycles. The summed E-state index contributed by atoms with van der Waals surface area (Å²) in [5.41, 5.74) is 5.46. The molecule has 1 rings (SSSR count). The summed E-state index contributed by atoms with van der Waals surface area (Å²) >= 11 is 0. The molecule has 5 heteroatoms. The van der Waals surface area contributed by atoms with Crippen molar-refractivity contribution in [1.82, 2.24) is 4.90 Å². The van der Waals surface area contributed by atoms with E-state index in [0.29, 0.717) is 5.84 Å². The minimum atomic E-state index is -0.212. The SMILES string of the molecule is CC(C)(CCCCN1CCCOCC1)C(N)=NO. The maximum Gasteiger partial charge on any atom is 0.144 e. The molecule has 18 heavy (non-hydrogen) atoms. The second kappa shape index (κ2) is 7.59. The molecule has 0 radical (unpaired) electrons. The Bertz CT molecular complexity index is 259. The van der Waals surface area contributed by atoms with Gasteiger partial charge in [0.15, 0.2) is 0 Å². The van der Waals surface area contributed by atoms with Crippen molar-refractivity contribution >= 4 is 5.84 Å². The Morgan fingerprint density at radius 2 is 2.11 bits per heavy atom. The van der Waals surface area contributed by atoms with E-state index in [1.54, 1.807) is 0 Å². The van der Waals surface area contributed by atoms with Crippen molar-refractivity contribution < 1.29 is 9.94 Å². The molecule has 0 saturated carbocycles. The van der Waals surface area contributed by atoms with E-state index in [9.17, 15) is 0 Å². The fourth-order valence-corrected chi connectivity index (χ4v) is 2.19. The van der Waals surface area contributed by atoms with Gasteiger partial charge in [0.05, 0.1) is 6.61 Å². The number of ether oxygens (including phenoxy) is 1. The molecule has 5 nitrogen and oxygen atoms in total. The highest BCUT2D eigenvalue weighted by Crippen LogP contribution is 2.23. The Balaban J connectivity index is 2.17. The summed E-state index contributed by atoms with van der Waals surface area (Å²) in [6.07, 6.45) is 4.34. The van der Waals surface area contributed by atoms with Gasteiger partial charge in [0, 0.05) is 25.1 Å². The van der Waals surface area contributed by atoms with Crippen LogP contribution in [-0.4, -0.2) is 48.8 Å². The molecule has 1 heterocycles. The van der Waals surface area contributed by atoms with Gasteiger partial charge in [-0.05, 0) is 25.8 Å². The summed E-state index contributed by atoms with van der Waals surface area (Å²) < 4.78 is 5.43. The molecular weight excluding hydrogens is 230 g/mol. The highest BCUT2D eigenvalue weighted by Gasteiger charge is 2.22. The maximum absolute atomic E-state index is 8.70. The second-order valence-corrected chi connectivity index (χ2v) is 5.63. The standard InChI is InChI=1S/C13H27N3O2/c1-13(2,12(14)15-17)6-3-4-7-16-8-5-10-18-11-9-16/h17H,3-11H2,1-2H3,(H2,14,15). The molecule has 0 aromatic heterocycles. The van der Waals surface area contributed by atoms with Crippen LogP contribution in [-0.2, 0) is 4.74 Å². The van der Waals surface area contributed by atoms with Crippen LogP contribution in [0.25, 0.3) is 0 Å². The number of oxime groups is 1. The maximum atomic E-state index is 8.70. The summed E-state index contributed by atoms with van der Waals surface area (Å²) in [5.74, 6) is 0.325. The number of unbranched alkanes of at least 4 members (excludes halogenated alkanes) is 1. The lowest BCUT2D eigenvalue weighted by atomic mass is 9.86. The van der Waals surface area contributed by atoms with Crippen LogP contribution in [0.3, 0.4) is 0 Å². The molecule has 0 atom stereocenters. The zero-order valence-electron chi connectivity index (χ0n) is 11.7. The number of hydrogen-bond acceptors (Lipinski definition) is 4. The largest absolute Gasteiger partial charge is 0.409 e. The lowest BCUT2D eigenvalue weighted by molar-refractivity contribution is 0.141. The molecule has 0 aliphatic carbocycles. The van der Waals surface area contributed by atoms with Crippen molar-refractivity contribution in [2.45, 2.75) is 39.5 Å². The van der Waals surface area contributed by atoms with E-state index >= 15 is 0 Å². The van der Waals surface area contributed by atoms with Crippen LogP contribution < -0.4 is 5.73 Å². The molecule has 0 aromatic carbocycles. The molecule has 1 fully saturated rings. The topological polar surface area (TPSA) is 71.1 Å². The smallest absolute Gasteiger partial charge is 0.144 e. The molecule has 0 unspecified atom stereocenters. The van der Waals surface area contributed by atoms with E-state index in [0.717, 1.165) is 58.5 Å². The van der Waals surface area contributed by atoms with Crippen LogP contribution in [0.1, 0.15) is 39.5 Å². The average molecular weight is 257 g/mol. The number of nitrogens with zero attached hydrogens (tertiary/aromatic N) is 2. The first-order chi connectivity index (χ1) is 8.56. The molecule has 0 aromatic rings. The highest BCUT2D eigenvalue weighted by atomic mass is 16.5. The summed E-state index contributed by atoms with van der Waals surface area (Å²) in [4.78, 5) is 2.46. The molecule has 106 valence electrons. The number of hydrogen-bond donors (Lipinski definition) is 2. The molecule has 1 aliphatic rings. The van der Waals surface area contributed by atoms with Crippen LogP contribution in [0.4, 0.5) is 0 Å². The van der Waals surface area contributed by atoms with Gasteiger partial charge in [0.2, 0.25) is 0 Å².